The van der Waals surface area contributed by atoms with Crippen molar-refractivity contribution in [2.24, 2.45) is 0 Å². The third-order valence-corrected chi connectivity index (χ3v) is 4.89. The second-order valence-corrected chi connectivity index (χ2v) is 6.03. The summed E-state index contributed by atoms with van der Waals surface area (Å²) in [7, 11) is 0. The molecule has 0 amide bonds. The van der Waals surface area contributed by atoms with E-state index in [4.69, 9.17) is 0 Å². The molecule has 2 nitrogen and oxygen atoms in total. The zero-order valence-electron chi connectivity index (χ0n) is 9.96. The van der Waals surface area contributed by atoms with Crippen LogP contribution >= 0.6 is 31.9 Å². The fraction of sp³-hybridized carbons (Fsp3) is 0.143. The van der Waals surface area contributed by atoms with Gasteiger partial charge in [-0.2, -0.15) is 0 Å². The summed E-state index contributed by atoms with van der Waals surface area (Å²) in [6.45, 7) is 4.18. The van der Waals surface area contributed by atoms with Gasteiger partial charge in [0.15, 0.2) is 0 Å². The molecule has 0 atom stereocenters. The average Bonchev–Trinajstić information content (AvgIpc) is 2.38. The standard InChI is InChI=1S/C14H10Br2N2/c1-7-9-3-4-10-8(2)12(16)6-18-14(10)13(9)17-5-11(7)15/h3-6H,1-2H3. The van der Waals surface area contributed by atoms with Gasteiger partial charge >= 0.3 is 0 Å². The Labute approximate surface area is 122 Å². The van der Waals surface area contributed by atoms with Crippen LogP contribution in [-0.2, 0) is 0 Å². The van der Waals surface area contributed by atoms with Gasteiger partial charge in [0.05, 0.1) is 11.0 Å². The Morgan fingerprint density at radius 1 is 0.778 bits per heavy atom. The maximum atomic E-state index is 4.52. The predicted octanol–water partition coefficient (Wildman–Crippen LogP) is 4.92. The second-order valence-electron chi connectivity index (χ2n) is 4.32. The Hall–Kier alpha value is -1.00. The number of halogens is 2. The van der Waals surface area contributed by atoms with Crippen molar-refractivity contribution >= 4 is 53.7 Å². The molecular formula is C14H10Br2N2. The Morgan fingerprint density at radius 2 is 1.17 bits per heavy atom. The van der Waals surface area contributed by atoms with E-state index >= 15 is 0 Å². The van der Waals surface area contributed by atoms with Gasteiger partial charge in [0.25, 0.3) is 0 Å². The van der Waals surface area contributed by atoms with Gasteiger partial charge in [0.1, 0.15) is 0 Å². The summed E-state index contributed by atoms with van der Waals surface area (Å²) in [6, 6.07) is 4.23. The molecule has 2 aromatic heterocycles. The lowest BCUT2D eigenvalue weighted by Crippen LogP contribution is -1.91. The van der Waals surface area contributed by atoms with Crippen LogP contribution in [0, 0.1) is 13.8 Å². The molecule has 0 N–H and O–H groups in total. The second kappa shape index (κ2) is 4.28. The molecule has 0 unspecified atom stereocenters. The van der Waals surface area contributed by atoms with E-state index in [9.17, 15) is 0 Å². The lowest BCUT2D eigenvalue weighted by atomic mass is 10.0. The highest BCUT2D eigenvalue weighted by atomic mass is 79.9. The van der Waals surface area contributed by atoms with Gasteiger partial charge in [0.2, 0.25) is 0 Å². The van der Waals surface area contributed by atoms with Crippen LogP contribution < -0.4 is 0 Å². The Morgan fingerprint density at radius 3 is 1.56 bits per heavy atom. The van der Waals surface area contributed by atoms with Gasteiger partial charge < -0.3 is 0 Å². The van der Waals surface area contributed by atoms with Crippen LogP contribution in [0.4, 0.5) is 0 Å². The molecule has 1 aromatic carbocycles. The summed E-state index contributed by atoms with van der Waals surface area (Å²) in [5.74, 6) is 0. The van der Waals surface area contributed by atoms with Crippen molar-refractivity contribution in [3.8, 4) is 0 Å². The summed E-state index contributed by atoms with van der Waals surface area (Å²) >= 11 is 7.03. The summed E-state index contributed by atoms with van der Waals surface area (Å²) in [5, 5.41) is 2.29. The van der Waals surface area contributed by atoms with E-state index in [1.165, 1.54) is 11.1 Å². The lowest BCUT2D eigenvalue weighted by molar-refractivity contribution is 1.31. The summed E-state index contributed by atoms with van der Waals surface area (Å²) < 4.78 is 2.06. The quantitative estimate of drug-likeness (QED) is 0.528. The zero-order chi connectivity index (χ0) is 12.9. The van der Waals surface area contributed by atoms with Crippen molar-refractivity contribution in [1.82, 2.24) is 9.97 Å². The minimum Gasteiger partial charge on any atom is -0.253 e. The highest BCUT2D eigenvalue weighted by Gasteiger charge is 2.10. The highest BCUT2D eigenvalue weighted by molar-refractivity contribution is 9.10. The molecule has 0 bridgehead atoms. The molecule has 0 saturated heterocycles. The number of fused-ring (bicyclic) bond motifs is 3. The van der Waals surface area contributed by atoms with Gasteiger partial charge in [-0.3, -0.25) is 9.97 Å². The van der Waals surface area contributed by atoms with E-state index in [0.29, 0.717) is 0 Å². The largest absolute Gasteiger partial charge is 0.253 e. The van der Waals surface area contributed by atoms with Crippen molar-refractivity contribution in [2.75, 3.05) is 0 Å². The van der Waals surface area contributed by atoms with E-state index in [0.717, 1.165) is 30.8 Å². The first-order valence-electron chi connectivity index (χ1n) is 5.58. The van der Waals surface area contributed by atoms with Crippen molar-refractivity contribution < 1.29 is 0 Å². The molecule has 3 rings (SSSR count). The van der Waals surface area contributed by atoms with E-state index in [1.54, 1.807) is 0 Å². The van der Waals surface area contributed by atoms with Crippen LogP contribution in [0.25, 0.3) is 21.8 Å². The van der Waals surface area contributed by atoms with E-state index < -0.39 is 0 Å². The van der Waals surface area contributed by atoms with Crippen LogP contribution in [0.1, 0.15) is 11.1 Å². The van der Waals surface area contributed by atoms with Crippen molar-refractivity contribution in [1.29, 1.82) is 0 Å². The first-order chi connectivity index (χ1) is 8.59. The lowest BCUT2D eigenvalue weighted by Gasteiger charge is -2.09. The number of pyridine rings is 2. The normalized spacial score (nSPS) is 11.3. The molecular weight excluding hydrogens is 356 g/mol. The molecule has 2 heterocycles. The maximum absolute atomic E-state index is 4.52. The third kappa shape index (κ3) is 1.67. The zero-order valence-corrected chi connectivity index (χ0v) is 13.1. The number of rotatable bonds is 0. The molecule has 90 valence electrons. The molecule has 3 aromatic rings. The molecule has 0 aliphatic rings. The van der Waals surface area contributed by atoms with Crippen LogP contribution in [0.3, 0.4) is 0 Å². The molecule has 0 saturated carbocycles. The maximum Gasteiger partial charge on any atom is 0.0968 e. The SMILES string of the molecule is Cc1c(Br)cnc2c1ccc1c(C)c(Br)cnc12. The highest BCUT2D eigenvalue weighted by Crippen LogP contribution is 2.31. The van der Waals surface area contributed by atoms with Gasteiger partial charge in [-0.15, -0.1) is 0 Å². The molecule has 0 fully saturated rings. The summed E-state index contributed by atoms with van der Waals surface area (Å²) in [5.41, 5.74) is 4.32. The number of hydrogen-bond donors (Lipinski definition) is 0. The molecule has 4 heteroatoms. The van der Waals surface area contributed by atoms with E-state index in [-0.39, 0.29) is 0 Å². The first kappa shape index (κ1) is 12.1. The van der Waals surface area contributed by atoms with Crippen molar-refractivity contribution in [2.45, 2.75) is 13.8 Å². The number of benzene rings is 1. The fourth-order valence-corrected chi connectivity index (χ4v) is 2.77. The third-order valence-electron chi connectivity index (χ3n) is 3.29. The van der Waals surface area contributed by atoms with Crippen LogP contribution in [-0.4, -0.2) is 9.97 Å². The molecule has 0 spiro atoms. The molecule has 0 aliphatic heterocycles. The summed E-state index contributed by atoms with van der Waals surface area (Å²) in [6.07, 6.45) is 3.69. The Bertz CT molecular complexity index is 715. The Kier molecular flexibility index (Phi) is 2.87. The average molecular weight is 366 g/mol. The van der Waals surface area contributed by atoms with Gasteiger partial charge in [-0.05, 0) is 56.8 Å². The molecule has 0 aliphatic carbocycles. The smallest absolute Gasteiger partial charge is 0.0968 e. The number of aromatic nitrogens is 2. The van der Waals surface area contributed by atoms with Gasteiger partial charge in [0, 0.05) is 32.1 Å². The minimum atomic E-state index is 0.962. The van der Waals surface area contributed by atoms with E-state index in [1.807, 2.05) is 12.4 Å². The molecule has 0 radical (unpaired) electrons. The minimum absolute atomic E-state index is 0.962. The van der Waals surface area contributed by atoms with Gasteiger partial charge in [-0.25, -0.2) is 0 Å². The van der Waals surface area contributed by atoms with Crippen molar-refractivity contribution in [3.05, 3.63) is 44.6 Å². The number of nitrogens with zero attached hydrogens (tertiary/aromatic N) is 2. The molecule has 18 heavy (non-hydrogen) atoms. The van der Waals surface area contributed by atoms with Crippen LogP contribution in [0.2, 0.25) is 0 Å². The Balaban J connectivity index is 2.56. The van der Waals surface area contributed by atoms with E-state index in [2.05, 4.69) is 67.8 Å². The van der Waals surface area contributed by atoms with Crippen LogP contribution in [0.15, 0.2) is 33.5 Å². The van der Waals surface area contributed by atoms with Gasteiger partial charge in [-0.1, -0.05) is 12.1 Å². The fourth-order valence-electron chi connectivity index (χ4n) is 2.14. The number of aryl methyl sites for hydroxylation is 2. The van der Waals surface area contributed by atoms with Crippen LogP contribution in [0.5, 0.6) is 0 Å². The summed E-state index contributed by atoms with van der Waals surface area (Å²) in [4.78, 5) is 9.03. The van der Waals surface area contributed by atoms with Crippen molar-refractivity contribution in [3.63, 3.8) is 0 Å². The first-order valence-corrected chi connectivity index (χ1v) is 7.17. The predicted molar refractivity (Wildman–Crippen MR) is 81.9 cm³/mol. The monoisotopic (exact) mass is 364 g/mol. The number of hydrogen-bond acceptors (Lipinski definition) is 2. The topological polar surface area (TPSA) is 25.8 Å².